The Hall–Kier alpha value is -2.77. The highest BCUT2D eigenvalue weighted by Crippen LogP contribution is 2.36. The lowest BCUT2D eigenvalue weighted by molar-refractivity contribution is -0.143. The van der Waals surface area contributed by atoms with Gasteiger partial charge < -0.3 is 4.74 Å². The molecule has 2 nitrogen and oxygen atoms in total. The second kappa shape index (κ2) is 6.62. The van der Waals surface area contributed by atoms with Gasteiger partial charge in [-0.2, -0.15) is 26.3 Å². The van der Waals surface area contributed by atoms with E-state index in [2.05, 4.69) is 6.58 Å². The van der Waals surface area contributed by atoms with Crippen LogP contribution in [-0.4, -0.2) is 5.97 Å². The van der Waals surface area contributed by atoms with Gasteiger partial charge in [0, 0.05) is 0 Å². The minimum absolute atomic E-state index is 0.0263. The van der Waals surface area contributed by atoms with Gasteiger partial charge in [-0.1, -0.05) is 24.8 Å². The van der Waals surface area contributed by atoms with Crippen LogP contribution in [0.5, 0.6) is 5.75 Å². The Balaban J connectivity index is 2.38. The Bertz CT molecular complexity index is 756. The first kappa shape index (κ1) is 18.6. The summed E-state index contributed by atoms with van der Waals surface area (Å²) >= 11 is 0. The van der Waals surface area contributed by atoms with Crippen LogP contribution in [-0.2, 0) is 12.4 Å². The molecule has 2 rings (SSSR count). The smallest absolute Gasteiger partial charge is 0.416 e. The average molecular weight is 360 g/mol. The van der Waals surface area contributed by atoms with Crippen molar-refractivity contribution in [2.75, 3.05) is 0 Å². The third-order valence-corrected chi connectivity index (χ3v) is 3.15. The van der Waals surface area contributed by atoms with Crippen molar-refractivity contribution in [2.24, 2.45) is 0 Å². The van der Waals surface area contributed by atoms with Crippen LogP contribution in [0.4, 0.5) is 26.3 Å². The van der Waals surface area contributed by atoms with Crippen LogP contribution in [0.1, 0.15) is 27.0 Å². The molecule has 0 bridgehead atoms. The third kappa shape index (κ3) is 4.62. The molecule has 132 valence electrons. The number of carbonyl (C=O) groups excluding carboxylic acids is 1. The van der Waals surface area contributed by atoms with E-state index in [0.717, 1.165) is 0 Å². The van der Waals surface area contributed by atoms with Crippen molar-refractivity contribution in [3.8, 4) is 5.75 Å². The van der Waals surface area contributed by atoms with Gasteiger partial charge in [0.25, 0.3) is 0 Å². The number of benzene rings is 2. The largest absolute Gasteiger partial charge is 0.423 e. The Kier molecular flexibility index (Phi) is 4.92. The van der Waals surface area contributed by atoms with Crippen molar-refractivity contribution in [1.29, 1.82) is 0 Å². The summed E-state index contributed by atoms with van der Waals surface area (Å²) in [4.78, 5) is 11.9. The number of halogens is 6. The fraction of sp³-hybridized carbons (Fsp3) is 0.118. The van der Waals surface area contributed by atoms with Gasteiger partial charge in [-0.15, -0.1) is 0 Å². The molecule has 0 spiro atoms. The van der Waals surface area contributed by atoms with E-state index in [1.165, 1.54) is 30.3 Å². The van der Waals surface area contributed by atoms with E-state index in [0.29, 0.717) is 17.7 Å². The molecular weight excluding hydrogens is 350 g/mol. The first-order chi connectivity index (χ1) is 11.5. The normalized spacial score (nSPS) is 11.9. The number of hydrogen-bond donors (Lipinski definition) is 0. The van der Waals surface area contributed by atoms with Crippen molar-refractivity contribution in [3.63, 3.8) is 0 Å². The molecule has 0 saturated carbocycles. The molecule has 0 unspecified atom stereocenters. The van der Waals surface area contributed by atoms with Crippen molar-refractivity contribution >= 4 is 12.0 Å². The molecule has 0 amide bonds. The number of esters is 1. The quantitative estimate of drug-likeness (QED) is 0.405. The lowest BCUT2D eigenvalue weighted by Gasteiger charge is -2.13. The summed E-state index contributed by atoms with van der Waals surface area (Å²) in [5.41, 5.74) is -3.33. The Morgan fingerprint density at radius 3 is 1.76 bits per heavy atom. The maximum absolute atomic E-state index is 12.8. The van der Waals surface area contributed by atoms with Crippen molar-refractivity contribution < 1.29 is 35.9 Å². The van der Waals surface area contributed by atoms with Crippen LogP contribution in [0.2, 0.25) is 0 Å². The van der Waals surface area contributed by atoms with Gasteiger partial charge in [-0.05, 0) is 35.9 Å². The average Bonchev–Trinajstić information content (AvgIpc) is 2.53. The summed E-state index contributed by atoms with van der Waals surface area (Å²) < 4.78 is 81.5. The molecule has 0 radical (unpaired) electrons. The monoisotopic (exact) mass is 360 g/mol. The molecule has 2 aromatic rings. The minimum atomic E-state index is -5.04. The zero-order valence-corrected chi connectivity index (χ0v) is 12.4. The lowest BCUT2D eigenvalue weighted by Crippen LogP contribution is -2.15. The number of carbonyl (C=O) groups is 1. The molecule has 0 aliphatic carbocycles. The Morgan fingerprint density at radius 2 is 1.36 bits per heavy atom. The van der Waals surface area contributed by atoms with Crippen LogP contribution in [0.15, 0.2) is 49.0 Å². The highest BCUT2D eigenvalue weighted by atomic mass is 19.4. The number of hydrogen-bond acceptors (Lipinski definition) is 2. The van der Waals surface area contributed by atoms with Crippen molar-refractivity contribution in [3.05, 3.63) is 71.3 Å². The van der Waals surface area contributed by atoms with E-state index >= 15 is 0 Å². The summed E-state index contributed by atoms with van der Waals surface area (Å²) in [7, 11) is 0. The highest BCUT2D eigenvalue weighted by Gasteiger charge is 2.37. The minimum Gasteiger partial charge on any atom is -0.423 e. The molecular formula is C17H10F6O2. The topological polar surface area (TPSA) is 26.3 Å². The van der Waals surface area contributed by atoms with Gasteiger partial charge in [0.15, 0.2) is 0 Å². The Labute approximate surface area is 138 Å². The second-order valence-electron chi connectivity index (χ2n) is 4.96. The predicted octanol–water partition coefficient (Wildman–Crippen LogP) is 5.59. The maximum atomic E-state index is 12.8. The molecule has 0 aliphatic heterocycles. The molecule has 0 saturated heterocycles. The predicted molar refractivity (Wildman–Crippen MR) is 77.9 cm³/mol. The number of rotatable bonds is 3. The first-order valence-corrected chi connectivity index (χ1v) is 6.75. The molecule has 25 heavy (non-hydrogen) atoms. The zero-order chi connectivity index (χ0) is 18.8. The molecule has 0 aromatic heterocycles. The van der Waals surface area contributed by atoms with E-state index in [-0.39, 0.29) is 11.8 Å². The van der Waals surface area contributed by atoms with E-state index in [4.69, 9.17) is 4.74 Å². The fourth-order valence-electron chi connectivity index (χ4n) is 1.91. The first-order valence-electron chi connectivity index (χ1n) is 6.75. The molecule has 0 atom stereocenters. The number of alkyl halides is 6. The van der Waals surface area contributed by atoms with Gasteiger partial charge in [0.1, 0.15) is 5.75 Å². The summed E-state index contributed by atoms with van der Waals surface area (Å²) in [6.07, 6.45) is -8.57. The molecule has 0 N–H and O–H groups in total. The summed E-state index contributed by atoms with van der Waals surface area (Å²) in [6.45, 7) is 3.51. The number of ether oxygens (including phenoxy) is 1. The van der Waals surface area contributed by atoms with Gasteiger partial charge >= 0.3 is 18.3 Å². The van der Waals surface area contributed by atoms with E-state index in [1.807, 2.05) is 0 Å². The fourth-order valence-corrected chi connectivity index (χ4v) is 1.91. The van der Waals surface area contributed by atoms with E-state index < -0.39 is 35.0 Å². The molecule has 0 aliphatic rings. The summed E-state index contributed by atoms with van der Waals surface area (Å²) in [6, 6.07) is 6.28. The van der Waals surface area contributed by atoms with Crippen LogP contribution < -0.4 is 4.74 Å². The third-order valence-electron chi connectivity index (χ3n) is 3.15. The van der Waals surface area contributed by atoms with Crippen LogP contribution in [0, 0.1) is 0 Å². The molecule has 0 heterocycles. The van der Waals surface area contributed by atoms with E-state index in [9.17, 15) is 31.1 Å². The maximum Gasteiger partial charge on any atom is 0.416 e. The standard InChI is InChI=1S/C17H10F6O2/c1-2-10-3-5-14(6-4-10)25-15(24)11-7-12(16(18,19)20)9-13(8-11)17(21,22)23/h2-9H,1H2. The Morgan fingerprint density at radius 1 is 0.880 bits per heavy atom. The van der Waals surface area contributed by atoms with Gasteiger partial charge in [0.05, 0.1) is 16.7 Å². The van der Waals surface area contributed by atoms with Crippen molar-refractivity contribution in [1.82, 2.24) is 0 Å². The second-order valence-corrected chi connectivity index (χ2v) is 4.96. The SMILES string of the molecule is C=Cc1ccc(OC(=O)c2cc(C(F)(F)F)cc(C(F)(F)F)c2)cc1. The van der Waals surface area contributed by atoms with Gasteiger partial charge in [-0.25, -0.2) is 4.79 Å². The lowest BCUT2D eigenvalue weighted by atomic mass is 10.0. The van der Waals surface area contributed by atoms with Crippen LogP contribution in [0.25, 0.3) is 6.08 Å². The van der Waals surface area contributed by atoms with Gasteiger partial charge in [-0.3, -0.25) is 0 Å². The van der Waals surface area contributed by atoms with Crippen LogP contribution >= 0.6 is 0 Å². The highest BCUT2D eigenvalue weighted by molar-refractivity contribution is 5.91. The zero-order valence-electron chi connectivity index (χ0n) is 12.4. The molecule has 0 fully saturated rings. The van der Waals surface area contributed by atoms with Crippen molar-refractivity contribution in [2.45, 2.75) is 12.4 Å². The summed E-state index contributed by atoms with van der Waals surface area (Å²) in [5, 5.41) is 0. The van der Waals surface area contributed by atoms with Crippen LogP contribution in [0.3, 0.4) is 0 Å². The van der Waals surface area contributed by atoms with Gasteiger partial charge in [0.2, 0.25) is 0 Å². The molecule has 2 aromatic carbocycles. The summed E-state index contributed by atoms with van der Waals surface area (Å²) in [5.74, 6) is -1.36. The van der Waals surface area contributed by atoms with E-state index in [1.54, 1.807) is 0 Å². The molecule has 8 heteroatoms.